The van der Waals surface area contributed by atoms with Crippen molar-refractivity contribution in [1.82, 2.24) is 19.7 Å². The van der Waals surface area contributed by atoms with Crippen LogP contribution in [0.2, 0.25) is 0 Å². The van der Waals surface area contributed by atoms with E-state index in [0.717, 1.165) is 50.6 Å². The number of nitrogens with zero attached hydrogens (tertiary/aromatic N) is 4. The first-order valence-corrected chi connectivity index (χ1v) is 10.2. The van der Waals surface area contributed by atoms with Gasteiger partial charge in [0.2, 0.25) is 6.79 Å². The molecule has 1 aliphatic rings. The monoisotopic (exact) mass is 402 g/mol. The summed E-state index contributed by atoms with van der Waals surface area (Å²) in [4.78, 5) is 4.24. The standard InChI is InChI=1S/C22H18N4O2S/c1-15-5-2-3-7-18(15)26-21(17-6-4-10-23-12-17)24-25-22(26)29-13-16-8-9-19-20(11-16)28-14-27-19/h2-12H,13-14H2,1H3. The summed E-state index contributed by atoms with van der Waals surface area (Å²) in [5, 5.41) is 9.80. The van der Waals surface area contributed by atoms with E-state index >= 15 is 0 Å². The predicted molar refractivity (Wildman–Crippen MR) is 111 cm³/mol. The van der Waals surface area contributed by atoms with Crippen molar-refractivity contribution >= 4 is 11.8 Å². The van der Waals surface area contributed by atoms with Crippen LogP contribution in [0, 0.1) is 6.92 Å². The van der Waals surface area contributed by atoms with E-state index in [1.54, 1.807) is 18.0 Å². The molecule has 2 aromatic carbocycles. The fourth-order valence-corrected chi connectivity index (χ4v) is 4.14. The summed E-state index contributed by atoms with van der Waals surface area (Å²) in [5.41, 5.74) is 4.28. The molecule has 144 valence electrons. The summed E-state index contributed by atoms with van der Waals surface area (Å²) < 4.78 is 13.0. The summed E-state index contributed by atoms with van der Waals surface area (Å²) in [6.07, 6.45) is 3.57. The average molecular weight is 402 g/mol. The van der Waals surface area contributed by atoms with Gasteiger partial charge in [0, 0.05) is 23.7 Å². The van der Waals surface area contributed by atoms with Crippen LogP contribution in [0.5, 0.6) is 11.5 Å². The van der Waals surface area contributed by atoms with E-state index in [9.17, 15) is 0 Å². The van der Waals surface area contributed by atoms with Crippen LogP contribution in [-0.4, -0.2) is 26.5 Å². The molecule has 0 bridgehead atoms. The highest BCUT2D eigenvalue weighted by molar-refractivity contribution is 7.98. The van der Waals surface area contributed by atoms with Crippen molar-refractivity contribution in [3.05, 3.63) is 78.1 Å². The topological polar surface area (TPSA) is 62.1 Å². The molecule has 7 heteroatoms. The van der Waals surface area contributed by atoms with Gasteiger partial charge in [0.1, 0.15) is 0 Å². The highest BCUT2D eigenvalue weighted by Crippen LogP contribution is 2.35. The van der Waals surface area contributed by atoms with E-state index in [1.807, 2.05) is 42.6 Å². The molecule has 3 heterocycles. The zero-order chi connectivity index (χ0) is 19.6. The SMILES string of the molecule is Cc1ccccc1-n1c(SCc2ccc3c(c2)OCO3)nnc1-c1cccnc1. The molecule has 0 unspecified atom stereocenters. The van der Waals surface area contributed by atoms with Crippen molar-refractivity contribution in [2.45, 2.75) is 17.8 Å². The minimum atomic E-state index is 0.280. The molecule has 0 radical (unpaired) electrons. The number of hydrogen-bond donors (Lipinski definition) is 0. The number of fused-ring (bicyclic) bond motifs is 1. The van der Waals surface area contributed by atoms with Crippen LogP contribution in [-0.2, 0) is 5.75 Å². The molecule has 0 N–H and O–H groups in total. The van der Waals surface area contributed by atoms with Gasteiger partial charge in [0.15, 0.2) is 22.5 Å². The first kappa shape index (κ1) is 17.8. The van der Waals surface area contributed by atoms with Crippen LogP contribution in [0.4, 0.5) is 0 Å². The first-order valence-electron chi connectivity index (χ1n) is 9.23. The Morgan fingerprint density at radius 1 is 1.00 bits per heavy atom. The molecule has 0 saturated heterocycles. The fourth-order valence-electron chi connectivity index (χ4n) is 3.26. The maximum absolute atomic E-state index is 5.49. The highest BCUT2D eigenvalue weighted by atomic mass is 32.2. The molecule has 6 nitrogen and oxygen atoms in total. The number of pyridine rings is 1. The molecule has 0 amide bonds. The maximum Gasteiger partial charge on any atom is 0.231 e. The Balaban J connectivity index is 1.51. The Morgan fingerprint density at radius 3 is 2.76 bits per heavy atom. The number of para-hydroxylation sites is 1. The molecule has 0 saturated carbocycles. The van der Waals surface area contributed by atoms with Crippen molar-refractivity contribution in [2.75, 3.05) is 6.79 Å². The van der Waals surface area contributed by atoms with Crippen molar-refractivity contribution in [3.63, 3.8) is 0 Å². The quantitative estimate of drug-likeness (QED) is 0.453. The lowest BCUT2D eigenvalue weighted by atomic mass is 10.2. The molecule has 0 spiro atoms. The average Bonchev–Trinajstić information content (AvgIpc) is 3.40. The number of aryl methyl sites for hydroxylation is 1. The summed E-state index contributed by atoms with van der Waals surface area (Å²) >= 11 is 1.64. The van der Waals surface area contributed by atoms with Crippen LogP contribution >= 0.6 is 11.8 Å². The Labute approximate surface area is 172 Å². The smallest absolute Gasteiger partial charge is 0.231 e. The van der Waals surface area contributed by atoms with Gasteiger partial charge in [0.05, 0.1) is 5.69 Å². The van der Waals surface area contributed by atoms with Crippen molar-refractivity contribution < 1.29 is 9.47 Å². The minimum absolute atomic E-state index is 0.280. The molecular formula is C22H18N4O2S. The Bertz CT molecular complexity index is 1160. The number of aromatic nitrogens is 4. The zero-order valence-corrected chi connectivity index (χ0v) is 16.6. The molecule has 4 aromatic rings. The summed E-state index contributed by atoms with van der Waals surface area (Å²) in [5.74, 6) is 3.11. The van der Waals surface area contributed by atoms with E-state index in [2.05, 4.69) is 44.9 Å². The molecule has 29 heavy (non-hydrogen) atoms. The second-order valence-electron chi connectivity index (χ2n) is 6.65. The molecule has 0 aliphatic carbocycles. The van der Waals surface area contributed by atoms with Gasteiger partial charge in [-0.2, -0.15) is 0 Å². The molecule has 5 rings (SSSR count). The van der Waals surface area contributed by atoms with E-state index < -0.39 is 0 Å². The van der Waals surface area contributed by atoms with Gasteiger partial charge in [-0.3, -0.25) is 9.55 Å². The normalized spacial score (nSPS) is 12.3. The lowest BCUT2D eigenvalue weighted by Crippen LogP contribution is -2.02. The number of ether oxygens (including phenoxy) is 2. The summed E-state index contributed by atoms with van der Waals surface area (Å²) in [7, 11) is 0. The van der Waals surface area contributed by atoms with Gasteiger partial charge in [-0.1, -0.05) is 36.0 Å². The predicted octanol–water partition coefficient (Wildman–Crippen LogP) is 4.66. The Kier molecular flexibility index (Phi) is 4.65. The van der Waals surface area contributed by atoms with Crippen LogP contribution in [0.3, 0.4) is 0 Å². The molecule has 1 aliphatic heterocycles. The third kappa shape index (κ3) is 3.45. The minimum Gasteiger partial charge on any atom is -0.454 e. The number of rotatable bonds is 5. The third-order valence-electron chi connectivity index (χ3n) is 4.71. The van der Waals surface area contributed by atoms with E-state index in [0.29, 0.717) is 0 Å². The first-order chi connectivity index (χ1) is 14.3. The van der Waals surface area contributed by atoms with Crippen LogP contribution < -0.4 is 9.47 Å². The van der Waals surface area contributed by atoms with E-state index in [4.69, 9.17) is 9.47 Å². The van der Waals surface area contributed by atoms with Crippen LogP contribution in [0.1, 0.15) is 11.1 Å². The van der Waals surface area contributed by atoms with Crippen molar-refractivity contribution in [1.29, 1.82) is 0 Å². The second-order valence-corrected chi connectivity index (χ2v) is 7.59. The molecular weight excluding hydrogens is 384 g/mol. The molecule has 0 atom stereocenters. The van der Waals surface area contributed by atoms with Crippen molar-refractivity contribution in [3.8, 4) is 28.6 Å². The van der Waals surface area contributed by atoms with Gasteiger partial charge in [-0.05, 0) is 48.4 Å². The second kappa shape index (κ2) is 7.60. The number of benzene rings is 2. The van der Waals surface area contributed by atoms with Gasteiger partial charge >= 0.3 is 0 Å². The largest absolute Gasteiger partial charge is 0.454 e. The third-order valence-corrected chi connectivity index (χ3v) is 5.71. The lowest BCUT2D eigenvalue weighted by Gasteiger charge is -2.12. The fraction of sp³-hybridized carbons (Fsp3) is 0.136. The maximum atomic E-state index is 5.49. The summed E-state index contributed by atoms with van der Waals surface area (Å²) in [6.45, 7) is 2.37. The Morgan fingerprint density at radius 2 is 1.90 bits per heavy atom. The van der Waals surface area contributed by atoms with Gasteiger partial charge < -0.3 is 9.47 Å². The lowest BCUT2D eigenvalue weighted by molar-refractivity contribution is 0.174. The van der Waals surface area contributed by atoms with E-state index in [-0.39, 0.29) is 6.79 Å². The zero-order valence-electron chi connectivity index (χ0n) is 15.8. The molecule has 0 fully saturated rings. The summed E-state index contributed by atoms with van der Waals surface area (Å²) in [6, 6.07) is 18.2. The van der Waals surface area contributed by atoms with Gasteiger partial charge in [0.25, 0.3) is 0 Å². The Hall–Kier alpha value is -3.32. The van der Waals surface area contributed by atoms with Crippen LogP contribution in [0.15, 0.2) is 72.1 Å². The highest BCUT2D eigenvalue weighted by Gasteiger charge is 2.18. The number of hydrogen-bond acceptors (Lipinski definition) is 6. The molecule has 2 aromatic heterocycles. The van der Waals surface area contributed by atoms with Gasteiger partial charge in [-0.15, -0.1) is 10.2 Å². The van der Waals surface area contributed by atoms with Crippen molar-refractivity contribution in [2.24, 2.45) is 0 Å². The van der Waals surface area contributed by atoms with Gasteiger partial charge in [-0.25, -0.2) is 0 Å². The number of thioether (sulfide) groups is 1. The van der Waals surface area contributed by atoms with E-state index in [1.165, 1.54) is 0 Å². The van der Waals surface area contributed by atoms with Crippen LogP contribution in [0.25, 0.3) is 17.1 Å².